The van der Waals surface area contributed by atoms with E-state index in [-0.39, 0.29) is 12.5 Å². The van der Waals surface area contributed by atoms with Gasteiger partial charge in [-0.05, 0) is 76.1 Å². The van der Waals surface area contributed by atoms with Crippen LogP contribution in [0.1, 0.15) is 50.7 Å². The van der Waals surface area contributed by atoms with Gasteiger partial charge in [-0.2, -0.15) is 0 Å². The van der Waals surface area contributed by atoms with E-state index < -0.39 is 0 Å². The summed E-state index contributed by atoms with van der Waals surface area (Å²) in [4.78, 5) is 12.3. The van der Waals surface area contributed by atoms with Crippen molar-refractivity contribution in [1.82, 2.24) is 0 Å². The third-order valence-corrected chi connectivity index (χ3v) is 5.23. The van der Waals surface area contributed by atoms with Gasteiger partial charge < -0.3 is 10.1 Å². The molecule has 1 amide bonds. The summed E-state index contributed by atoms with van der Waals surface area (Å²) in [7, 11) is 0. The van der Waals surface area contributed by atoms with Crippen LogP contribution in [0.25, 0.3) is 0 Å². The predicted molar refractivity (Wildman–Crippen MR) is 115 cm³/mol. The number of amides is 1. The first-order chi connectivity index (χ1) is 12.4. The number of halogens is 2. The molecular weight excluding hydrogens is 458 g/mol. The molecule has 0 saturated carbocycles. The molecule has 0 unspecified atom stereocenters. The average Bonchev–Trinajstić information content (AvgIpc) is 2.60. The quantitative estimate of drug-likeness (QED) is 0.454. The number of anilines is 1. The topological polar surface area (TPSA) is 38.3 Å². The van der Waals surface area contributed by atoms with Gasteiger partial charge in [-0.1, -0.05) is 49.2 Å². The molecule has 2 aromatic carbocycles. The van der Waals surface area contributed by atoms with E-state index in [2.05, 4.69) is 70.1 Å². The summed E-state index contributed by atoms with van der Waals surface area (Å²) in [5, 5.41) is 2.90. The number of benzene rings is 2. The highest BCUT2D eigenvalue weighted by Crippen LogP contribution is 2.30. The Morgan fingerprint density at radius 3 is 2.58 bits per heavy atom. The molecular formula is C21H25Br2NO2. The van der Waals surface area contributed by atoms with Crippen LogP contribution in [0.3, 0.4) is 0 Å². The van der Waals surface area contributed by atoms with Gasteiger partial charge in [0, 0.05) is 8.95 Å². The van der Waals surface area contributed by atoms with E-state index >= 15 is 0 Å². The van der Waals surface area contributed by atoms with Gasteiger partial charge in [0.05, 0.1) is 5.69 Å². The van der Waals surface area contributed by atoms with Crippen molar-refractivity contribution in [3.05, 3.63) is 56.5 Å². The van der Waals surface area contributed by atoms with E-state index in [1.807, 2.05) is 24.3 Å². The molecule has 5 heteroatoms. The van der Waals surface area contributed by atoms with Crippen LogP contribution in [0.15, 0.2) is 45.3 Å². The molecule has 0 aliphatic heterocycles. The number of hydrogen-bond donors (Lipinski definition) is 1. The zero-order chi connectivity index (χ0) is 19.1. The minimum atomic E-state index is -0.176. The molecule has 0 atom stereocenters. The largest absolute Gasteiger partial charge is 0.483 e. The first kappa shape index (κ1) is 21.0. The number of carbonyl (C=O) groups is 1. The summed E-state index contributed by atoms with van der Waals surface area (Å²) in [6, 6.07) is 11.9. The number of carbonyl (C=O) groups excluding carboxylic acids is 1. The fourth-order valence-corrected chi connectivity index (χ4v) is 3.53. The molecule has 0 aromatic heterocycles. The van der Waals surface area contributed by atoms with Crippen LogP contribution in [0.2, 0.25) is 0 Å². The van der Waals surface area contributed by atoms with Crippen molar-refractivity contribution < 1.29 is 9.53 Å². The van der Waals surface area contributed by atoms with Gasteiger partial charge >= 0.3 is 0 Å². The third kappa shape index (κ3) is 6.13. The Hall–Kier alpha value is -1.33. The number of aryl methyl sites for hydroxylation is 1. The number of ether oxygens (including phenoxy) is 1. The summed E-state index contributed by atoms with van der Waals surface area (Å²) in [6.45, 7) is 6.36. The lowest BCUT2D eigenvalue weighted by molar-refractivity contribution is -0.118. The second-order valence-electron chi connectivity index (χ2n) is 6.59. The van der Waals surface area contributed by atoms with Crippen LogP contribution in [0.5, 0.6) is 5.75 Å². The van der Waals surface area contributed by atoms with Crippen molar-refractivity contribution >= 4 is 43.5 Å². The Bertz CT molecular complexity index is 760. The minimum Gasteiger partial charge on any atom is -0.483 e. The highest BCUT2D eigenvalue weighted by molar-refractivity contribution is 9.10. The second-order valence-corrected chi connectivity index (χ2v) is 8.36. The van der Waals surface area contributed by atoms with Gasteiger partial charge in [-0.15, -0.1) is 0 Å². The van der Waals surface area contributed by atoms with Crippen molar-refractivity contribution in [3.8, 4) is 5.75 Å². The van der Waals surface area contributed by atoms with Crippen molar-refractivity contribution in [2.75, 3.05) is 11.9 Å². The van der Waals surface area contributed by atoms with Gasteiger partial charge in [0.25, 0.3) is 5.91 Å². The van der Waals surface area contributed by atoms with Crippen LogP contribution in [0.4, 0.5) is 5.69 Å². The Morgan fingerprint density at radius 1 is 1.15 bits per heavy atom. The highest BCUT2D eigenvalue weighted by Gasteiger charge is 2.12. The molecule has 0 aliphatic carbocycles. The maximum Gasteiger partial charge on any atom is 0.262 e. The van der Waals surface area contributed by atoms with Crippen LogP contribution in [-0.2, 0) is 11.2 Å². The molecule has 26 heavy (non-hydrogen) atoms. The Morgan fingerprint density at radius 2 is 1.92 bits per heavy atom. The van der Waals surface area contributed by atoms with E-state index in [9.17, 15) is 4.79 Å². The lowest BCUT2D eigenvalue weighted by Crippen LogP contribution is -2.21. The molecule has 2 rings (SSSR count). The Balaban J connectivity index is 1.97. The van der Waals surface area contributed by atoms with Gasteiger partial charge in [-0.25, -0.2) is 0 Å². The number of rotatable bonds is 8. The Kier molecular flexibility index (Phi) is 8.16. The number of unbranched alkanes of at least 4 members (excludes halogenated alkanes) is 1. The molecule has 0 heterocycles. The van der Waals surface area contributed by atoms with Gasteiger partial charge in [0.1, 0.15) is 5.75 Å². The van der Waals surface area contributed by atoms with E-state index in [4.69, 9.17) is 4.74 Å². The summed E-state index contributed by atoms with van der Waals surface area (Å²) < 4.78 is 7.66. The molecule has 0 spiro atoms. The first-order valence-electron chi connectivity index (χ1n) is 8.91. The van der Waals surface area contributed by atoms with Crippen molar-refractivity contribution in [3.63, 3.8) is 0 Å². The van der Waals surface area contributed by atoms with E-state index in [1.165, 1.54) is 12.0 Å². The van der Waals surface area contributed by atoms with Gasteiger partial charge in [0.15, 0.2) is 6.61 Å². The zero-order valence-corrected chi connectivity index (χ0v) is 18.6. The number of nitrogens with one attached hydrogen (secondary N) is 1. The molecule has 0 aliphatic rings. The third-order valence-electron chi connectivity index (χ3n) is 4.08. The van der Waals surface area contributed by atoms with Crippen LogP contribution in [-0.4, -0.2) is 12.5 Å². The fraction of sp³-hybridized carbons (Fsp3) is 0.381. The van der Waals surface area contributed by atoms with Crippen LogP contribution >= 0.6 is 31.9 Å². The zero-order valence-electron chi connectivity index (χ0n) is 15.4. The molecule has 2 aromatic rings. The maximum absolute atomic E-state index is 12.3. The SMILES string of the molecule is CCCCc1ccc(NC(=O)COc2ccc(Br)cc2C(C)C)c(Br)c1. The number of hydrogen-bond acceptors (Lipinski definition) is 2. The van der Waals surface area contributed by atoms with E-state index in [1.54, 1.807) is 0 Å². The van der Waals surface area contributed by atoms with Crippen molar-refractivity contribution in [2.24, 2.45) is 0 Å². The summed E-state index contributed by atoms with van der Waals surface area (Å²) in [5.74, 6) is 0.882. The summed E-state index contributed by atoms with van der Waals surface area (Å²) >= 11 is 7.02. The molecule has 140 valence electrons. The molecule has 0 bridgehead atoms. The molecule has 3 nitrogen and oxygen atoms in total. The molecule has 1 N–H and O–H groups in total. The fourth-order valence-electron chi connectivity index (χ4n) is 2.63. The van der Waals surface area contributed by atoms with E-state index in [0.717, 1.165) is 38.8 Å². The van der Waals surface area contributed by atoms with Gasteiger partial charge in [-0.3, -0.25) is 4.79 Å². The summed E-state index contributed by atoms with van der Waals surface area (Å²) in [6.07, 6.45) is 3.38. The lowest BCUT2D eigenvalue weighted by Gasteiger charge is -2.15. The average molecular weight is 483 g/mol. The van der Waals surface area contributed by atoms with Gasteiger partial charge in [0.2, 0.25) is 0 Å². The minimum absolute atomic E-state index is 0.0224. The second kappa shape index (κ2) is 10.1. The van der Waals surface area contributed by atoms with Crippen molar-refractivity contribution in [2.45, 2.75) is 46.0 Å². The predicted octanol–water partition coefficient (Wildman–Crippen LogP) is 6.70. The highest BCUT2D eigenvalue weighted by atomic mass is 79.9. The normalized spacial score (nSPS) is 10.8. The molecule has 0 saturated heterocycles. The monoisotopic (exact) mass is 481 g/mol. The Labute approximate surface area is 172 Å². The van der Waals surface area contributed by atoms with Crippen LogP contribution in [0, 0.1) is 0 Å². The summed E-state index contributed by atoms with van der Waals surface area (Å²) in [5.41, 5.74) is 3.11. The lowest BCUT2D eigenvalue weighted by atomic mass is 10.0. The molecule has 0 fully saturated rings. The van der Waals surface area contributed by atoms with Crippen LogP contribution < -0.4 is 10.1 Å². The van der Waals surface area contributed by atoms with Crippen molar-refractivity contribution in [1.29, 1.82) is 0 Å². The first-order valence-corrected chi connectivity index (χ1v) is 10.5. The standard InChI is InChI=1S/C21H25Br2NO2/c1-4-5-6-15-7-9-19(18(23)11-15)24-21(25)13-26-20-10-8-16(22)12-17(20)14(2)3/h7-12,14H,4-6,13H2,1-3H3,(H,24,25). The van der Waals surface area contributed by atoms with E-state index in [0.29, 0.717) is 5.92 Å². The molecule has 0 radical (unpaired) electrons. The smallest absolute Gasteiger partial charge is 0.262 e. The maximum atomic E-state index is 12.3.